The first-order chi connectivity index (χ1) is 28.4. The second-order valence-corrected chi connectivity index (χ2v) is 14.8. The van der Waals surface area contributed by atoms with Gasteiger partial charge in [0.2, 0.25) is 0 Å². The Morgan fingerprint density at radius 1 is 0.500 bits per heavy atom. The highest BCUT2D eigenvalue weighted by molar-refractivity contribution is 6.11. The van der Waals surface area contributed by atoms with Crippen molar-refractivity contribution in [2.75, 3.05) is 16.5 Å². The molecular weight excluding hydrogens is 715 g/mol. The zero-order chi connectivity index (χ0) is 39.2. The number of para-hydroxylation sites is 1. The Morgan fingerprint density at radius 2 is 1.12 bits per heavy atom. The van der Waals surface area contributed by atoms with Crippen molar-refractivity contribution in [1.29, 1.82) is 0 Å². The molecule has 0 fully saturated rings. The van der Waals surface area contributed by atoms with Crippen LogP contribution in [0.3, 0.4) is 0 Å². The van der Waals surface area contributed by atoms with Crippen LogP contribution in [-0.2, 0) is 0 Å². The van der Waals surface area contributed by atoms with Gasteiger partial charge in [0.25, 0.3) is 0 Å². The largest absolute Gasteiger partial charge is 0.456 e. The number of nitrogens with zero attached hydrogens (tertiary/aromatic N) is 7. The topological polar surface area (TPSA) is 72.2 Å². The number of ether oxygens (including phenoxy) is 1. The lowest BCUT2D eigenvalue weighted by atomic mass is 10.1. The van der Waals surface area contributed by atoms with Crippen LogP contribution < -0.4 is 14.5 Å². The molecule has 0 amide bonds. The summed E-state index contributed by atoms with van der Waals surface area (Å²) in [6, 6.07) is 52.0. The normalized spacial score (nSPS) is 12.5. The maximum absolute atomic E-state index is 7.01. The van der Waals surface area contributed by atoms with Gasteiger partial charge in [0.05, 0.1) is 23.3 Å². The van der Waals surface area contributed by atoms with Crippen molar-refractivity contribution >= 4 is 33.2 Å². The third-order valence-electron chi connectivity index (χ3n) is 10.6. The van der Waals surface area contributed by atoms with E-state index >= 15 is 0 Å². The van der Waals surface area contributed by atoms with Crippen molar-refractivity contribution in [2.24, 2.45) is 0 Å². The zero-order valence-corrected chi connectivity index (χ0v) is 32.4. The smallest absolute Gasteiger partial charge is 0.167 e. The van der Waals surface area contributed by atoms with Gasteiger partial charge in [-0.1, -0.05) is 108 Å². The highest BCUT2D eigenvalue weighted by Crippen LogP contribution is 2.42. The molecule has 10 rings (SSSR count). The van der Waals surface area contributed by atoms with Crippen molar-refractivity contribution in [1.82, 2.24) is 24.5 Å². The van der Waals surface area contributed by atoms with Crippen LogP contribution in [0.1, 0.15) is 16.7 Å². The van der Waals surface area contributed by atoms with Crippen LogP contribution in [0.25, 0.3) is 61.8 Å². The Kier molecular flexibility index (Phi) is 8.71. The Bertz CT molecular complexity index is 2910. The minimum absolute atomic E-state index is 0.514. The molecule has 1 aliphatic heterocycles. The van der Waals surface area contributed by atoms with Gasteiger partial charge in [0.15, 0.2) is 17.5 Å². The van der Waals surface area contributed by atoms with Crippen LogP contribution in [0, 0.1) is 20.8 Å². The summed E-state index contributed by atoms with van der Waals surface area (Å²) in [5.41, 5.74) is 10.3. The molecule has 0 bridgehead atoms. The lowest BCUT2D eigenvalue weighted by Crippen LogP contribution is -2.24. The Hall–Kier alpha value is -7.58. The molecule has 8 heteroatoms. The molecule has 0 radical (unpaired) electrons. The summed E-state index contributed by atoms with van der Waals surface area (Å²) in [4.78, 5) is 24.6. The molecule has 0 aliphatic carbocycles. The summed E-state index contributed by atoms with van der Waals surface area (Å²) in [7, 11) is 0. The molecular formula is C50H39N7O. The maximum Gasteiger partial charge on any atom is 0.167 e. The Morgan fingerprint density at radius 3 is 1.79 bits per heavy atom. The van der Waals surface area contributed by atoms with Crippen LogP contribution in [0.5, 0.6) is 11.5 Å². The van der Waals surface area contributed by atoms with Gasteiger partial charge in [0, 0.05) is 64.0 Å². The molecule has 8 nitrogen and oxygen atoms in total. The average molecular weight is 754 g/mol. The number of fused-ring (bicyclic) bond motifs is 3. The number of pyridine rings is 1. The highest BCUT2D eigenvalue weighted by Gasteiger charge is 2.22. The number of aromatic nitrogens is 5. The first kappa shape index (κ1) is 34.9. The number of hydrogen-bond donors (Lipinski definition) is 0. The van der Waals surface area contributed by atoms with E-state index in [-0.39, 0.29) is 0 Å². The first-order valence-electron chi connectivity index (χ1n) is 19.4. The second kappa shape index (κ2) is 14.5. The molecule has 0 unspecified atom stereocenters. The van der Waals surface area contributed by atoms with E-state index < -0.39 is 0 Å². The third kappa shape index (κ3) is 6.60. The Labute approximate surface area is 337 Å². The molecule has 58 heavy (non-hydrogen) atoms. The highest BCUT2D eigenvalue weighted by atomic mass is 16.5. The first-order valence-corrected chi connectivity index (χ1v) is 19.4. The van der Waals surface area contributed by atoms with Crippen molar-refractivity contribution in [2.45, 2.75) is 20.8 Å². The molecule has 1 aliphatic rings. The average Bonchev–Trinajstić information content (AvgIpc) is 3.88. The minimum atomic E-state index is 0.514. The lowest BCUT2D eigenvalue weighted by Gasteiger charge is -2.22. The van der Waals surface area contributed by atoms with Crippen molar-refractivity contribution < 1.29 is 4.74 Å². The van der Waals surface area contributed by atoms with Gasteiger partial charge < -0.3 is 14.5 Å². The summed E-state index contributed by atoms with van der Waals surface area (Å²) < 4.78 is 9.20. The number of hydrogen-bond acceptors (Lipinski definition) is 7. The summed E-state index contributed by atoms with van der Waals surface area (Å²) in [6.45, 7) is 6.95. The summed E-state index contributed by atoms with van der Waals surface area (Å²) in [5, 5.41) is 2.12. The lowest BCUT2D eigenvalue weighted by molar-refractivity contribution is 0.484. The van der Waals surface area contributed by atoms with Gasteiger partial charge in [-0.25, -0.2) is 19.9 Å². The van der Waals surface area contributed by atoms with Gasteiger partial charge >= 0.3 is 0 Å². The summed E-state index contributed by atoms with van der Waals surface area (Å²) in [5.74, 6) is 3.80. The maximum atomic E-state index is 7.01. The van der Waals surface area contributed by atoms with Crippen LogP contribution >= 0.6 is 0 Å². The van der Waals surface area contributed by atoms with E-state index in [1.165, 1.54) is 5.56 Å². The van der Waals surface area contributed by atoms with Crippen molar-refractivity contribution in [3.63, 3.8) is 0 Å². The fourth-order valence-corrected chi connectivity index (χ4v) is 7.49. The quantitative estimate of drug-likeness (QED) is 0.153. The molecule has 9 aromatic rings. The second-order valence-electron chi connectivity index (χ2n) is 14.8. The molecule has 0 N–H and O–H groups in total. The molecule has 0 atom stereocenters. The van der Waals surface area contributed by atoms with Gasteiger partial charge in [0.1, 0.15) is 17.3 Å². The molecule has 6 aromatic carbocycles. The van der Waals surface area contributed by atoms with Gasteiger partial charge in [-0.2, -0.15) is 0 Å². The number of benzene rings is 6. The third-order valence-corrected chi connectivity index (χ3v) is 10.6. The predicted molar refractivity (Wildman–Crippen MR) is 234 cm³/mol. The minimum Gasteiger partial charge on any atom is -0.456 e. The molecule has 4 heterocycles. The molecule has 0 saturated heterocycles. The number of anilines is 2. The Balaban J connectivity index is 1.14. The van der Waals surface area contributed by atoms with E-state index in [2.05, 4.69) is 169 Å². The van der Waals surface area contributed by atoms with E-state index in [1.54, 1.807) is 0 Å². The molecule has 0 saturated carbocycles. The molecule has 0 spiro atoms. The standard InChI is InChI=1S/C50H39N7O/c1-33-14-20-36(21-15-33)48-52-49(37-22-16-34(2)17-23-37)54-50(53-48)43-30-42-41-11-4-5-12-44(41)57(47-13-6-7-26-51-47)45(42)31-46(43)58-40-10-8-9-39(29-40)56-28-27-55(32-56)38-24-18-35(3)19-25-38/h4-31H,32H2,1-3H3. The van der Waals surface area contributed by atoms with E-state index in [0.717, 1.165) is 66.8 Å². The SMILES string of the molecule is Cc1ccc(-c2nc(-c3ccc(C)cc3)nc(-c3cc4c5ccccc5n(-c5ccccn5)c4cc3Oc3cccc(N4C=CN(c5ccc(C)cc5)C4)c3)n2)cc1. The monoisotopic (exact) mass is 753 g/mol. The number of rotatable bonds is 8. The summed E-state index contributed by atoms with van der Waals surface area (Å²) in [6.07, 6.45) is 6.04. The van der Waals surface area contributed by atoms with Gasteiger partial charge in [-0.15, -0.1) is 0 Å². The van der Waals surface area contributed by atoms with Crippen LogP contribution in [0.4, 0.5) is 11.4 Å². The van der Waals surface area contributed by atoms with Crippen LogP contribution in [-0.4, -0.2) is 31.2 Å². The van der Waals surface area contributed by atoms with E-state index in [0.29, 0.717) is 35.6 Å². The van der Waals surface area contributed by atoms with Gasteiger partial charge in [-0.3, -0.25) is 4.57 Å². The zero-order valence-electron chi connectivity index (χ0n) is 32.4. The van der Waals surface area contributed by atoms with Crippen molar-refractivity contribution in [3.05, 3.63) is 187 Å². The molecule has 3 aromatic heterocycles. The van der Waals surface area contributed by atoms with Crippen molar-refractivity contribution in [3.8, 4) is 51.5 Å². The van der Waals surface area contributed by atoms with Crippen LogP contribution in [0.2, 0.25) is 0 Å². The van der Waals surface area contributed by atoms with Gasteiger partial charge in [-0.05, 0) is 69.3 Å². The summed E-state index contributed by atoms with van der Waals surface area (Å²) >= 11 is 0. The van der Waals surface area contributed by atoms with Crippen LogP contribution in [0.15, 0.2) is 170 Å². The van der Waals surface area contributed by atoms with E-state index in [1.807, 2.05) is 36.5 Å². The number of aryl methyl sites for hydroxylation is 3. The predicted octanol–water partition coefficient (Wildman–Crippen LogP) is 11.8. The van der Waals surface area contributed by atoms with E-state index in [4.69, 9.17) is 24.7 Å². The van der Waals surface area contributed by atoms with E-state index in [9.17, 15) is 0 Å². The fourth-order valence-electron chi connectivity index (χ4n) is 7.49. The fraction of sp³-hybridized carbons (Fsp3) is 0.0800. The molecule has 280 valence electrons.